The van der Waals surface area contributed by atoms with Crippen molar-refractivity contribution in [1.29, 1.82) is 0 Å². The third kappa shape index (κ3) is 324. The summed E-state index contributed by atoms with van der Waals surface area (Å²) in [4.78, 5) is 0. The summed E-state index contributed by atoms with van der Waals surface area (Å²) < 4.78 is 0. The Hall–Kier alpha value is 0.710. The van der Waals surface area contributed by atoms with Gasteiger partial charge in [-0.1, -0.05) is 13.3 Å². The van der Waals surface area contributed by atoms with Crippen LogP contribution in [-0.2, 0) is 25.8 Å². The van der Waals surface area contributed by atoms with Crippen LogP contribution in [-0.4, -0.2) is 46.9 Å². The van der Waals surface area contributed by atoms with Crippen LogP contribution < -0.4 is 0 Å². The predicted molar refractivity (Wildman–Crippen MR) is 60.3 cm³/mol. The molecule has 0 heterocycles. The van der Waals surface area contributed by atoms with Crippen molar-refractivity contribution in [3.63, 3.8) is 0 Å². The molecule has 0 aromatic rings. The van der Waals surface area contributed by atoms with Gasteiger partial charge in [-0.05, 0) is 27.2 Å². The summed E-state index contributed by atoms with van der Waals surface area (Å²) in [6.07, 6.45) is 2.04. The van der Waals surface area contributed by atoms with Gasteiger partial charge in [-0.3, -0.25) is 0 Å². The van der Waals surface area contributed by atoms with Crippen LogP contribution in [0.25, 0.3) is 0 Å². The van der Waals surface area contributed by atoms with E-state index in [0.29, 0.717) is 6.61 Å². The number of hydrogen-bond acceptors (Lipinski definition) is 4. The molecule has 0 rings (SSSR count). The molecule has 5 heteroatoms. The first-order valence-corrected chi connectivity index (χ1v) is 5.09. The summed E-state index contributed by atoms with van der Waals surface area (Å²) >= 11 is 0. The first-order valence-electron chi connectivity index (χ1n) is 5.09. The zero-order chi connectivity index (χ0) is 12.2. The maximum atomic E-state index is 8.07. The maximum absolute atomic E-state index is 8.07. The monoisotopic (exact) mass is 392 g/mol. The second-order valence-corrected chi connectivity index (χ2v) is 2.03. The van der Waals surface area contributed by atoms with E-state index in [1.165, 1.54) is 0 Å². The molecule has 15 heavy (non-hydrogen) atoms. The first-order chi connectivity index (χ1) is 6.66. The van der Waals surface area contributed by atoms with Crippen molar-refractivity contribution in [2.75, 3.05) is 26.4 Å². The predicted octanol–water partition coefficient (Wildman–Crippen LogP) is 0.772. The van der Waals surface area contributed by atoms with Crippen molar-refractivity contribution < 1.29 is 46.3 Å². The second kappa shape index (κ2) is 61.4. The molecule has 0 aromatic carbocycles. The summed E-state index contributed by atoms with van der Waals surface area (Å²) in [5, 5.41) is 30.8. The number of aliphatic hydroxyl groups excluding tert-OH is 4. The van der Waals surface area contributed by atoms with Crippen LogP contribution in [0.1, 0.15) is 40.5 Å². The van der Waals surface area contributed by atoms with Gasteiger partial charge in [0.15, 0.2) is 0 Å². The van der Waals surface area contributed by atoms with Crippen LogP contribution in [0.4, 0.5) is 0 Å². The molecule has 0 fully saturated rings. The Morgan fingerprint density at radius 3 is 0.867 bits per heavy atom. The van der Waals surface area contributed by atoms with Gasteiger partial charge in [-0.15, -0.1) is 0 Å². The molecule has 0 aliphatic rings. The van der Waals surface area contributed by atoms with E-state index in [1.807, 2.05) is 0 Å². The van der Waals surface area contributed by atoms with Crippen LogP contribution in [0, 0.1) is 0 Å². The third-order valence-electron chi connectivity index (χ3n) is 0.512. The summed E-state index contributed by atoms with van der Waals surface area (Å²) in [5.41, 5.74) is 0. The summed E-state index contributed by atoms with van der Waals surface area (Å²) in [6.45, 7) is 8.19. The van der Waals surface area contributed by atoms with Gasteiger partial charge in [0.05, 0.1) is 0 Å². The Balaban J connectivity index is -0.0000000300. The topological polar surface area (TPSA) is 80.9 Å². The van der Waals surface area contributed by atoms with Crippen molar-refractivity contribution >= 4 is 0 Å². The second-order valence-electron chi connectivity index (χ2n) is 2.03. The molecule has 0 spiro atoms. The van der Waals surface area contributed by atoms with Gasteiger partial charge in [-0.2, -0.15) is 0 Å². The molecule has 4 N–H and O–H groups in total. The smallest absolute Gasteiger partial charge is 0.0430 e. The molecule has 0 radical (unpaired) electrons. The van der Waals surface area contributed by atoms with E-state index < -0.39 is 0 Å². The molecule has 0 aliphatic carbocycles. The Morgan fingerprint density at radius 2 is 0.867 bits per heavy atom. The largest absolute Gasteiger partial charge is 0.397 e. The standard InChI is InChI=1S/C4H10O.3C2H6O.Hf/c1-2-3-4-5;3*1-2-3;/h5H,2-4H2,1H3;3*3H,2H2,1H3;. The fraction of sp³-hybridized carbons (Fsp3) is 1.00. The maximum Gasteiger partial charge on any atom is 0.0430 e. The molecule has 0 saturated carbocycles. The zero-order valence-corrected chi connectivity index (χ0v) is 14.1. The van der Waals surface area contributed by atoms with Gasteiger partial charge in [0.2, 0.25) is 0 Å². The van der Waals surface area contributed by atoms with Crippen LogP contribution >= 0.6 is 0 Å². The first kappa shape index (κ1) is 29.6. The van der Waals surface area contributed by atoms with Gasteiger partial charge in [0, 0.05) is 52.3 Å². The van der Waals surface area contributed by atoms with Gasteiger partial charge in [-0.25, -0.2) is 0 Å². The Labute approximate surface area is 113 Å². The molecule has 0 unspecified atom stereocenters. The van der Waals surface area contributed by atoms with Crippen LogP contribution in [0.3, 0.4) is 0 Å². The van der Waals surface area contributed by atoms with E-state index in [2.05, 4.69) is 6.92 Å². The molecule has 0 atom stereocenters. The Bertz CT molecular complexity index is 41.6. The molecule has 0 bridgehead atoms. The minimum atomic E-state index is 0. The van der Waals surface area contributed by atoms with Gasteiger partial charge < -0.3 is 20.4 Å². The molecule has 4 nitrogen and oxygen atoms in total. The quantitative estimate of drug-likeness (QED) is 0.525. The van der Waals surface area contributed by atoms with Gasteiger partial charge >= 0.3 is 0 Å². The number of aliphatic hydroxyl groups is 4. The minimum absolute atomic E-state index is 0. The van der Waals surface area contributed by atoms with Crippen molar-refractivity contribution in [3.8, 4) is 0 Å². The van der Waals surface area contributed by atoms with Crippen LogP contribution in [0.2, 0.25) is 0 Å². The van der Waals surface area contributed by atoms with Gasteiger partial charge in [0.1, 0.15) is 0 Å². The van der Waals surface area contributed by atoms with Crippen molar-refractivity contribution in [2.24, 2.45) is 0 Å². The van der Waals surface area contributed by atoms with Crippen molar-refractivity contribution in [3.05, 3.63) is 0 Å². The van der Waals surface area contributed by atoms with Crippen molar-refractivity contribution in [1.82, 2.24) is 0 Å². The van der Waals surface area contributed by atoms with E-state index >= 15 is 0 Å². The average molecular weight is 391 g/mol. The van der Waals surface area contributed by atoms with Crippen LogP contribution in [0.15, 0.2) is 0 Å². The number of hydrogen-bond donors (Lipinski definition) is 4. The number of unbranched alkanes of at least 4 members (excludes halogenated alkanes) is 1. The SMILES string of the molecule is CCCCO.CCO.CCO.CCO.[Hf]. The summed E-state index contributed by atoms with van der Waals surface area (Å²) in [7, 11) is 0. The normalized spacial score (nSPS) is 6.40. The fourth-order valence-corrected chi connectivity index (χ4v) is 0.158. The summed E-state index contributed by atoms with van der Waals surface area (Å²) in [6, 6.07) is 0. The Morgan fingerprint density at radius 1 is 0.667 bits per heavy atom. The summed E-state index contributed by atoms with van der Waals surface area (Å²) in [5.74, 6) is 0. The van der Waals surface area contributed by atoms with E-state index in [9.17, 15) is 0 Å². The molecule has 0 saturated heterocycles. The molecular formula is C10H28HfO4. The third-order valence-corrected chi connectivity index (χ3v) is 0.512. The van der Waals surface area contributed by atoms with Crippen molar-refractivity contribution in [2.45, 2.75) is 40.5 Å². The Kier molecular flexibility index (Phi) is 121. The fourth-order valence-electron chi connectivity index (χ4n) is 0.158. The van der Waals surface area contributed by atoms with E-state index in [1.54, 1.807) is 20.8 Å². The molecule has 0 aliphatic heterocycles. The zero-order valence-electron chi connectivity index (χ0n) is 10.5. The minimum Gasteiger partial charge on any atom is -0.397 e. The van der Waals surface area contributed by atoms with Gasteiger partial charge in [0.25, 0.3) is 0 Å². The molecular weight excluding hydrogens is 363 g/mol. The number of rotatable bonds is 2. The molecule has 96 valence electrons. The molecule has 0 aromatic heterocycles. The van der Waals surface area contributed by atoms with E-state index in [0.717, 1.165) is 12.8 Å². The molecule has 0 amide bonds. The van der Waals surface area contributed by atoms with E-state index in [-0.39, 0.29) is 45.7 Å². The van der Waals surface area contributed by atoms with Crippen LogP contribution in [0.5, 0.6) is 0 Å². The van der Waals surface area contributed by atoms with E-state index in [4.69, 9.17) is 20.4 Å². The average Bonchev–Trinajstić information content (AvgIpc) is 2.09.